The minimum atomic E-state index is -0.966. The molecule has 1 fully saturated rings. The standard InChI is InChI=1S/C28H29BrN2O4/c1-3-35-26-17-20(13-14-23(26)27(32)22-11-7-4-8-18(22)2)30-24-15-12-19(29)16-25(24)31(28(33)34)21-9-5-6-10-21/h4,7-8,11-17,21,30H,3,5-6,9-10H2,1-2H3,(H,33,34). The van der Waals surface area contributed by atoms with Gasteiger partial charge in [0.1, 0.15) is 5.75 Å². The van der Waals surface area contributed by atoms with Crippen molar-refractivity contribution in [2.45, 2.75) is 45.6 Å². The fourth-order valence-electron chi connectivity index (χ4n) is 4.62. The van der Waals surface area contributed by atoms with Crippen LogP contribution in [-0.4, -0.2) is 29.6 Å². The summed E-state index contributed by atoms with van der Waals surface area (Å²) in [5.41, 5.74) is 4.00. The molecule has 1 saturated carbocycles. The number of carboxylic acid groups (broad SMARTS) is 1. The topological polar surface area (TPSA) is 78.9 Å². The van der Waals surface area contributed by atoms with Crippen LogP contribution in [0.2, 0.25) is 0 Å². The van der Waals surface area contributed by atoms with Crippen LogP contribution in [0.25, 0.3) is 0 Å². The van der Waals surface area contributed by atoms with Gasteiger partial charge in [0, 0.05) is 27.8 Å². The van der Waals surface area contributed by atoms with E-state index in [4.69, 9.17) is 4.74 Å². The normalized spacial score (nSPS) is 13.5. The number of benzene rings is 3. The third-order valence-electron chi connectivity index (χ3n) is 6.31. The molecule has 0 aliphatic heterocycles. The first-order valence-corrected chi connectivity index (χ1v) is 12.6. The molecule has 0 aromatic heterocycles. The third-order valence-corrected chi connectivity index (χ3v) is 6.80. The van der Waals surface area contributed by atoms with Crippen molar-refractivity contribution >= 4 is 44.9 Å². The van der Waals surface area contributed by atoms with E-state index in [2.05, 4.69) is 21.2 Å². The lowest BCUT2D eigenvalue weighted by Crippen LogP contribution is -2.38. The van der Waals surface area contributed by atoms with Gasteiger partial charge >= 0.3 is 6.09 Å². The van der Waals surface area contributed by atoms with Gasteiger partial charge in [-0.2, -0.15) is 0 Å². The Balaban J connectivity index is 1.69. The molecule has 6 nitrogen and oxygen atoms in total. The molecule has 1 aliphatic carbocycles. The molecule has 3 aromatic rings. The highest BCUT2D eigenvalue weighted by Crippen LogP contribution is 2.37. The molecule has 0 atom stereocenters. The highest BCUT2D eigenvalue weighted by Gasteiger charge is 2.30. The first-order chi connectivity index (χ1) is 16.9. The van der Waals surface area contributed by atoms with Crippen molar-refractivity contribution < 1.29 is 19.4 Å². The van der Waals surface area contributed by atoms with Gasteiger partial charge in [-0.05, 0) is 62.6 Å². The highest BCUT2D eigenvalue weighted by atomic mass is 79.9. The van der Waals surface area contributed by atoms with Crippen LogP contribution in [0.15, 0.2) is 65.1 Å². The van der Waals surface area contributed by atoms with E-state index >= 15 is 0 Å². The molecule has 0 spiro atoms. The summed E-state index contributed by atoms with van der Waals surface area (Å²) < 4.78 is 6.64. The summed E-state index contributed by atoms with van der Waals surface area (Å²) in [7, 11) is 0. The summed E-state index contributed by atoms with van der Waals surface area (Å²) in [4.78, 5) is 27.0. The summed E-state index contributed by atoms with van der Waals surface area (Å²) in [5.74, 6) is 0.385. The quantitative estimate of drug-likeness (QED) is 0.290. The number of carbonyl (C=O) groups is 2. The number of hydrogen-bond acceptors (Lipinski definition) is 4. The Kier molecular flexibility index (Phi) is 7.76. The lowest BCUT2D eigenvalue weighted by Gasteiger charge is -2.28. The van der Waals surface area contributed by atoms with E-state index in [-0.39, 0.29) is 11.8 Å². The van der Waals surface area contributed by atoms with E-state index in [1.54, 1.807) is 12.1 Å². The number of nitrogens with one attached hydrogen (secondary N) is 1. The number of halogens is 1. The van der Waals surface area contributed by atoms with Crippen LogP contribution < -0.4 is 15.0 Å². The maximum Gasteiger partial charge on any atom is 0.412 e. The molecule has 7 heteroatoms. The summed E-state index contributed by atoms with van der Waals surface area (Å²) >= 11 is 3.49. The fraction of sp³-hybridized carbons (Fsp3) is 0.286. The van der Waals surface area contributed by atoms with Crippen LogP contribution in [-0.2, 0) is 0 Å². The van der Waals surface area contributed by atoms with E-state index < -0.39 is 6.09 Å². The van der Waals surface area contributed by atoms with Gasteiger partial charge in [-0.1, -0.05) is 53.0 Å². The number of ether oxygens (including phenoxy) is 1. The zero-order valence-electron chi connectivity index (χ0n) is 19.9. The average molecular weight is 537 g/mol. The van der Waals surface area contributed by atoms with Crippen molar-refractivity contribution in [1.82, 2.24) is 0 Å². The van der Waals surface area contributed by atoms with Crippen LogP contribution in [0.1, 0.15) is 54.1 Å². The molecule has 3 aromatic carbocycles. The van der Waals surface area contributed by atoms with Gasteiger partial charge in [0.15, 0.2) is 5.78 Å². The minimum Gasteiger partial charge on any atom is -0.493 e. The molecule has 4 rings (SSSR count). The molecular weight excluding hydrogens is 508 g/mol. The second kappa shape index (κ2) is 11.0. The molecule has 35 heavy (non-hydrogen) atoms. The predicted octanol–water partition coefficient (Wildman–Crippen LogP) is 7.56. The van der Waals surface area contributed by atoms with Crippen molar-refractivity contribution in [1.29, 1.82) is 0 Å². The summed E-state index contributed by atoms with van der Waals surface area (Å²) in [6.45, 7) is 4.20. The first kappa shape index (κ1) is 24.8. The van der Waals surface area contributed by atoms with Gasteiger partial charge in [0.25, 0.3) is 0 Å². The Morgan fingerprint density at radius 2 is 1.80 bits per heavy atom. The Morgan fingerprint density at radius 3 is 2.49 bits per heavy atom. The predicted molar refractivity (Wildman–Crippen MR) is 142 cm³/mol. The van der Waals surface area contributed by atoms with Crippen molar-refractivity contribution in [2.75, 3.05) is 16.8 Å². The first-order valence-electron chi connectivity index (χ1n) is 11.8. The third kappa shape index (κ3) is 5.51. The molecule has 1 amide bonds. The van der Waals surface area contributed by atoms with E-state index in [1.807, 2.05) is 62.4 Å². The molecular formula is C28H29BrN2O4. The summed E-state index contributed by atoms with van der Waals surface area (Å²) in [5, 5.41) is 13.4. The van der Waals surface area contributed by atoms with Gasteiger partial charge in [-0.3, -0.25) is 9.69 Å². The number of anilines is 3. The smallest absolute Gasteiger partial charge is 0.412 e. The molecule has 1 aliphatic rings. The molecule has 0 radical (unpaired) electrons. The van der Waals surface area contributed by atoms with Gasteiger partial charge in [-0.15, -0.1) is 0 Å². The van der Waals surface area contributed by atoms with Crippen molar-refractivity contribution in [3.8, 4) is 5.75 Å². The highest BCUT2D eigenvalue weighted by molar-refractivity contribution is 9.10. The molecule has 0 bridgehead atoms. The number of nitrogens with zero attached hydrogens (tertiary/aromatic N) is 1. The maximum absolute atomic E-state index is 13.3. The van der Waals surface area contributed by atoms with Gasteiger partial charge in [0.2, 0.25) is 0 Å². The summed E-state index contributed by atoms with van der Waals surface area (Å²) in [6, 6.07) is 18.4. The van der Waals surface area contributed by atoms with E-state index in [0.717, 1.165) is 35.7 Å². The monoisotopic (exact) mass is 536 g/mol. The van der Waals surface area contributed by atoms with Gasteiger partial charge < -0.3 is 15.2 Å². The lowest BCUT2D eigenvalue weighted by molar-refractivity contribution is 0.103. The summed E-state index contributed by atoms with van der Waals surface area (Å²) in [6.07, 6.45) is 2.79. The fourth-order valence-corrected chi connectivity index (χ4v) is 4.97. The number of carbonyl (C=O) groups excluding carboxylic acids is 1. The van der Waals surface area contributed by atoms with E-state index in [1.165, 1.54) is 4.90 Å². The Labute approximate surface area is 214 Å². The largest absolute Gasteiger partial charge is 0.493 e. The molecule has 0 unspecified atom stereocenters. The van der Waals surface area contributed by atoms with Gasteiger partial charge in [0.05, 0.1) is 23.5 Å². The van der Waals surface area contributed by atoms with Gasteiger partial charge in [-0.25, -0.2) is 4.79 Å². The lowest BCUT2D eigenvalue weighted by atomic mass is 9.98. The van der Waals surface area contributed by atoms with Crippen molar-refractivity contribution in [3.63, 3.8) is 0 Å². The molecule has 2 N–H and O–H groups in total. The van der Waals surface area contributed by atoms with Crippen LogP contribution in [0, 0.1) is 6.92 Å². The molecule has 0 heterocycles. The number of rotatable bonds is 8. The number of amides is 1. The average Bonchev–Trinajstić information content (AvgIpc) is 3.35. The van der Waals surface area contributed by atoms with Crippen LogP contribution in [0.3, 0.4) is 0 Å². The van der Waals surface area contributed by atoms with Crippen LogP contribution >= 0.6 is 15.9 Å². The molecule has 182 valence electrons. The Morgan fingerprint density at radius 1 is 1.06 bits per heavy atom. The van der Waals surface area contributed by atoms with Crippen molar-refractivity contribution in [3.05, 3.63) is 81.8 Å². The Hall–Kier alpha value is -3.32. The van der Waals surface area contributed by atoms with E-state index in [9.17, 15) is 14.7 Å². The maximum atomic E-state index is 13.3. The zero-order chi connectivity index (χ0) is 24.9. The number of hydrogen-bond donors (Lipinski definition) is 2. The second-order valence-corrected chi connectivity index (χ2v) is 9.58. The van der Waals surface area contributed by atoms with Crippen LogP contribution in [0.4, 0.5) is 21.9 Å². The number of ketones is 1. The number of aryl methyl sites for hydroxylation is 1. The zero-order valence-corrected chi connectivity index (χ0v) is 21.5. The molecule has 0 saturated heterocycles. The Bertz CT molecular complexity index is 1240. The second-order valence-electron chi connectivity index (χ2n) is 8.67. The minimum absolute atomic E-state index is 0.0459. The SMILES string of the molecule is CCOc1cc(Nc2ccc(Br)cc2N(C(=O)O)C2CCCC2)ccc1C(=O)c1ccccc1C. The van der Waals surface area contributed by atoms with Crippen molar-refractivity contribution in [2.24, 2.45) is 0 Å². The van der Waals surface area contributed by atoms with Crippen LogP contribution in [0.5, 0.6) is 5.75 Å². The van der Waals surface area contributed by atoms with E-state index in [0.29, 0.717) is 40.5 Å².